The first-order valence-electron chi connectivity index (χ1n) is 11.4. The standard InChI is InChI=1S/C25H35F3/c1-2-3-4-5-18-6-8-19(9-7-18)10-11-20-12-14-21(15-13-20)22-16-23(26)25(28)24(27)17-22/h14,16-20H,2-13,15H2,1H3. The van der Waals surface area contributed by atoms with E-state index in [0.29, 0.717) is 11.5 Å². The van der Waals surface area contributed by atoms with Gasteiger partial charge in [-0.1, -0.05) is 70.8 Å². The normalized spacial score (nSPS) is 25.6. The summed E-state index contributed by atoms with van der Waals surface area (Å²) in [6.07, 6.45) is 18.8. The molecule has 0 nitrogen and oxygen atoms in total. The molecule has 1 atom stereocenters. The van der Waals surface area contributed by atoms with Crippen molar-refractivity contribution in [3.05, 3.63) is 41.2 Å². The zero-order chi connectivity index (χ0) is 19.9. The molecule has 28 heavy (non-hydrogen) atoms. The van der Waals surface area contributed by atoms with Crippen molar-refractivity contribution in [3.8, 4) is 0 Å². The van der Waals surface area contributed by atoms with E-state index in [9.17, 15) is 13.2 Å². The summed E-state index contributed by atoms with van der Waals surface area (Å²) in [5, 5.41) is 0. The number of benzene rings is 1. The van der Waals surface area contributed by atoms with Crippen LogP contribution < -0.4 is 0 Å². The quantitative estimate of drug-likeness (QED) is 0.307. The van der Waals surface area contributed by atoms with Crippen molar-refractivity contribution < 1.29 is 13.2 Å². The Hall–Kier alpha value is -1.25. The van der Waals surface area contributed by atoms with Gasteiger partial charge < -0.3 is 0 Å². The molecule has 0 heterocycles. The molecule has 1 fully saturated rings. The fourth-order valence-electron chi connectivity index (χ4n) is 5.12. The summed E-state index contributed by atoms with van der Waals surface area (Å²) in [6, 6.07) is 2.26. The van der Waals surface area contributed by atoms with Crippen LogP contribution in [0.4, 0.5) is 13.2 Å². The minimum atomic E-state index is -1.38. The Morgan fingerprint density at radius 1 is 0.786 bits per heavy atom. The van der Waals surface area contributed by atoms with E-state index in [1.165, 1.54) is 64.2 Å². The van der Waals surface area contributed by atoms with Crippen molar-refractivity contribution in [1.82, 2.24) is 0 Å². The van der Waals surface area contributed by atoms with Crippen LogP contribution in [-0.4, -0.2) is 0 Å². The van der Waals surface area contributed by atoms with Gasteiger partial charge in [-0.3, -0.25) is 0 Å². The Morgan fingerprint density at radius 2 is 1.39 bits per heavy atom. The summed E-state index contributed by atoms with van der Waals surface area (Å²) in [6.45, 7) is 2.27. The summed E-state index contributed by atoms with van der Waals surface area (Å²) >= 11 is 0. The molecule has 0 amide bonds. The smallest absolute Gasteiger partial charge is 0.194 e. The fourth-order valence-corrected chi connectivity index (χ4v) is 5.12. The SMILES string of the molecule is CCCCCC1CCC(CCC2CC=C(c3cc(F)c(F)c(F)c3)CC2)CC1. The molecule has 156 valence electrons. The van der Waals surface area contributed by atoms with E-state index in [2.05, 4.69) is 13.0 Å². The summed E-state index contributed by atoms with van der Waals surface area (Å²) in [5.74, 6) is -1.02. The molecule has 0 saturated heterocycles. The van der Waals surface area contributed by atoms with Crippen molar-refractivity contribution in [2.75, 3.05) is 0 Å². The molecule has 3 heteroatoms. The average Bonchev–Trinajstić information content (AvgIpc) is 2.71. The van der Waals surface area contributed by atoms with Gasteiger partial charge in [0.25, 0.3) is 0 Å². The van der Waals surface area contributed by atoms with Crippen LogP contribution in [0.3, 0.4) is 0 Å². The lowest BCUT2D eigenvalue weighted by molar-refractivity contribution is 0.235. The van der Waals surface area contributed by atoms with Gasteiger partial charge in [0.2, 0.25) is 0 Å². The highest BCUT2D eigenvalue weighted by Gasteiger charge is 2.23. The first kappa shape index (κ1) is 21.5. The van der Waals surface area contributed by atoms with Crippen molar-refractivity contribution >= 4 is 5.57 Å². The zero-order valence-electron chi connectivity index (χ0n) is 17.3. The molecule has 1 aromatic rings. The molecule has 1 aromatic carbocycles. The Bertz CT molecular complexity index is 633. The average molecular weight is 393 g/mol. The van der Waals surface area contributed by atoms with Crippen molar-refractivity contribution in [1.29, 1.82) is 0 Å². The number of halogens is 3. The monoisotopic (exact) mass is 392 g/mol. The van der Waals surface area contributed by atoms with E-state index in [1.54, 1.807) is 0 Å². The number of unbranched alkanes of at least 4 members (excludes halogenated alkanes) is 2. The number of hydrogen-bond donors (Lipinski definition) is 0. The van der Waals surface area contributed by atoms with E-state index < -0.39 is 17.5 Å². The highest BCUT2D eigenvalue weighted by Crippen LogP contribution is 2.38. The predicted molar refractivity (Wildman–Crippen MR) is 110 cm³/mol. The van der Waals surface area contributed by atoms with Crippen LogP contribution in [0.25, 0.3) is 5.57 Å². The van der Waals surface area contributed by atoms with Gasteiger partial charge in [0.15, 0.2) is 17.5 Å². The molecule has 1 saturated carbocycles. The van der Waals surface area contributed by atoms with Gasteiger partial charge >= 0.3 is 0 Å². The van der Waals surface area contributed by atoms with Gasteiger partial charge in [-0.25, -0.2) is 13.2 Å². The van der Waals surface area contributed by atoms with Crippen LogP contribution in [0.15, 0.2) is 18.2 Å². The first-order valence-corrected chi connectivity index (χ1v) is 11.4. The molecule has 2 aliphatic rings. The summed E-state index contributed by atoms with van der Waals surface area (Å²) in [7, 11) is 0. The lowest BCUT2D eigenvalue weighted by Crippen LogP contribution is -2.16. The largest absolute Gasteiger partial charge is 0.204 e. The maximum Gasteiger partial charge on any atom is 0.194 e. The van der Waals surface area contributed by atoms with Gasteiger partial charge in [0.05, 0.1) is 0 Å². The van der Waals surface area contributed by atoms with Crippen LogP contribution in [-0.2, 0) is 0 Å². The second-order valence-electron chi connectivity index (χ2n) is 9.08. The van der Waals surface area contributed by atoms with E-state index in [-0.39, 0.29) is 0 Å². The molecule has 0 N–H and O–H groups in total. The van der Waals surface area contributed by atoms with Crippen molar-refractivity contribution in [2.45, 2.75) is 90.4 Å². The molecule has 0 bridgehead atoms. The van der Waals surface area contributed by atoms with Gasteiger partial charge in [-0.05, 0) is 66.7 Å². The first-order chi connectivity index (χ1) is 13.6. The van der Waals surface area contributed by atoms with Crippen LogP contribution in [0.1, 0.15) is 96.0 Å². The Morgan fingerprint density at radius 3 is 1.96 bits per heavy atom. The fraction of sp³-hybridized carbons (Fsp3) is 0.680. The van der Waals surface area contributed by atoms with Crippen LogP contribution in [0, 0.1) is 35.2 Å². The van der Waals surface area contributed by atoms with Crippen molar-refractivity contribution in [3.63, 3.8) is 0 Å². The number of hydrogen-bond acceptors (Lipinski definition) is 0. The van der Waals surface area contributed by atoms with Gasteiger partial charge in [0, 0.05) is 0 Å². The van der Waals surface area contributed by atoms with Gasteiger partial charge in [-0.2, -0.15) is 0 Å². The minimum Gasteiger partial charge on any atom is -0.204 e. The summed E-state index contributed by atoms with van der Waals surface area (Å²) < 4.78 is 40.1. The van der Waals surface area contributed by atoms with E-state index in [1.807, 2.05) is 0 Å². The highest BCUT2D eigenvalue weighted by atomic mass is 19.2. The molecule has 0 radical (unpaired) electrons. The third-order valence-electron chi connectivity index (χ3n) is 7.04. The van der Waals surface area contributed by atoms with Gasteiger partial charge in [-0.15, -0.1) is 0 Å². The maximum absolute atomic E-state index is 13.5. The Labute approximate surface area is 168 Å². The third kappa shape index (κ3) is 5.87. The second kappa shape index (κ2) is 10.5. The highest BCUT2D eigenvalue weighted by molar-refractivity contribution is 5.66. The van der Waals surface area contributed by atoms with E-state index in [4.69, 9.17) is 0 Å². The van der Waals surface area contributed by atoms with Crippen LogP contribution in [0.2, 0.25) is 0 Å². The molecule has 1 unspecified atom stereocenters. The molecule has 0 spiro atoms. The summed E-state index contributed by atoms with van der Waals surface area (Å²) in [4.78, 5) is 0. The van der Waals surface area contributed by atoms with E-state index in [0.717, 1.165) is 48.8 Å². The Kier molecular flexibility index (Phi) is 8.05. The van der Waals surface area contributed by atoms with E-state index >= 15 is 0 Å². The zero-order valence-corrected chi connectivity index (χ0v) is 17.3. The predicted octanol–water partition coefficient (Wildman–Crippen LogP) is 8.45. The number of allylic oxidation sites excluding steroid dienone is 2. The second-order valence-corrected chi connectivity index (χ2v) is 9.08. The molecular formula is C25H35F3. The molecule has 0 aliphatic heterocycles. The molecular weight excluding hydrogens is 357 g/mol. The Balaban J connectivity index is 1.40. The van der Waals surface area contributed by atoms with Crippen LogP contribution in [0.5, 0.6) is 0 Å². The molecule has 0 aromatic heterocycles. The maximum atomic E-state index is 13.5. The molecule has 3 rings (SSSR count). The summed E-state index contributed by atoms with van der Waals surface area (Å²) in [5.41, 5.74) is 1.46. The minimum absolute atomic E-state index is 0.497. The third-order valence-corrected chi connectivity index (χ3v) is 7.04. The van der Waals surface area contributed by atoms with Crippen LogP contribution >= 0.6 is 0 Å². The lowest BCUT2D eigenvalue weighted by Gasteiger charge is -2.30. The number of rotatable bonds is 8. The lowest BCUT2D eigenvalue weighted by atomic mass is 9.76. The molecule has 2 aliphatic carbocycles. The van der Waals surface area contributed by atoms with Gasteiger partial charge in [0.1, 0.15) is 0 Å². The van der Waals surface area contributed by atoms with Crippen molar-refractivity contribution in [2.24, 2.45) is 17.8 Å². The topological polar surface area (TPSA) is 0 Å².